The Morgan fingerprint density at radius 3 is 2.50 bits per heavy atom. The Balaban J connectivity index is 1.49. The quantitative estimate of drug-likeness (QED) is 0.667. The van der Waals surface area contributed by atoms with E-state index in [0.717, 1.165) is 41.1 Å². The third-order valence-corrected chi connectivity index (χ3v) is 6.46. The fraction of sp³-hybridized carbons (Fsp3) is 0.522. The van der Waals surface area contributed by atoms with Gasteiger partial charge in [-0.05, 0) is 58.7 Å². The van der Waals surface area contributed by atoms with E-state index in [0.29, 0.717) is 11.3 Å². The van der Waals surface area contributed by atoms with Crippen LogP contribution in [0.2, 0.25) is 0 Å². The van der Waals surface area contributed by atoms with Crippen molar-refractivity contribution < 1.29 is 14.3 Å². The van der Waals surface area contributed by atoms with E-state index in [1.165, 1.54) is 0 Å². The summed E-state index contributed by atoms with van der Waals surface area (Å²) in [5.41, 5.74) is 0.965. The Labute approximate surface area is 181 Å². The van der Waals surface area contributed by atoms with Crippen molar-refractivity contribution in [2.75, 3.05) is 0 Å². The Morgan fingerprint density at radius 2 is 1.93 bits per heavy atom. The second kappa shape index (κ2) is 7.92. The van der Waals surface area contributed by atoms with Gasteiger partial charge in [-0.15, -0.1) is 11.3 Å². The van der Waals surface area contributed by atoms with E-state index in [1.807, 2.05) is 50.9 Å². The summed E-state index contributed by atoms with van der Waals surface area (Å²) in [6.45, 7) is 7.70. The first-order valence-electron chi connectivity index (χ1n) is 10.4. The minimum atomic E-state index is -0.494. The predicted octanol–water partition coefficient (Wildman–Crippen LogP) is 5.30. The average Bonchev–Trinajstić information content (AvgIpc) is 3.21. The zero-order valence-corrected chi connectivity index (χ0v) is 18.7. The van der Waals surface area contributed by atoms with Gasteiger partial charge in [0, 0.05) is 41.6 Å². The van der Waals surface area contributed by atoms with Crippen LogP contribution in [0.4, 0.5) is 4.79 Å². The molecule has 158 valence electrons. The van der Waals surface area contributed by atoms with Crippen LogP contribution in [0.15, 0.2) is 24.4 Å². The molecule has 0 radical (unpaired) electrons. The number of hydrogen-bond donors (Lipinski definition) is 0. The van der Waals surface area contributed by atoms with Crippen molar-refractivity contribution in [3.8, 4) is 22.4 Å². The number of benzene rings is 1. The lowest BCUT2D eigenvalue weighted by Gasteiger charge is -2.39. The summed E-state index contributed by atoms with van der Waals surface area (Å²) in [6, 6.07) is 8.10. The fourth-order valence-electron chi connectivity index (χ4n) is 4.37. The van der Waals surface area contributed by atoms with Gasteiger partial charge in [-0.3, -0.25) is 0 Å². The van der Waals surface area contributed by atoms with Crippen molar-refractivity contribution >= 4 is 17.4 Å². The highest BCUT2D eigenvalue weighted by Gasteiger charge is 2.45. The number of nitriles is 1. The number of hydrogen-bond acceptors (Lipinski definition) is 6. The molecule has 2 saturated heterocycles. The summed E-state index contributed by atoms with van der Waals surface area (Å²) < 4.78 is 11.9. The van der Waals surface area contributed by atoms with Crippen molar-refractivity contribution in [3.05, 3.63) is 34.8 Å². The van der Waals surface area contributed by atoms with E-state index in [9.17, 15) is 10.1 Å². The minimum Gasteiger partial charge on any atom is -0.490 e. The molecule has 2 aliphatic heterocycles. The van der Waals surface area contributed by atoms with Crippen molar-refractivity contribution in [2.24, 2.45) is 0 Å². The van der Waals surface area contributed by atoms with Crippen molar-refractivity contribution in [1.82, 2.24) is 9.88 Å². The van der Waals surface area contributed by atoms with Gasteiger partial charge >= 0.3 is 6.09 Å². The number of rotatable bonds is 3. The van der Waals surface area contributed by atoms with Crippen LogP contribution in [0, 0.1) is 18.3 Å². The summed E-state index contributed by atoms with van der Waals surface area (Å²) in [5, 5.41) is 10.3. The Bertz CT molecular complexity index is 974. The number of thiazole rings is 1. The number of carbonyl (C=O) groups is 1. The van der Waals surface area contributed by atoms with Gasteiger partial charge in [-0.2, -0.15) is 5.26 Å². The highest BCUT2D eigenvalue weighted by Crippen LogP contribution is 2.39. The van der Waals surface area contributed by atoms with Crippen LogP contribution >= 0.6 is 11.3 Å². The summed E-state index contributed by atoms with van der Waals surface area (Å²) in [7, 11) is 0. The van der Waals surface area contributed by atoms with Gasteiger partial charge < -0.3 is 14.4 Å². The van der Waals surface area contributed by atoms with Crippen LogP contribution in [0.3, 0.4) is 0 Å². The van der Waals surface area contributed by atoms with E-state index >= 15 is 0 Å². The highest BCUT2D eigenvalue weighted by atomic mass is 32.1. The summed E-state index contributed by atoms with van der Waals surface area (Å²) in [6.07, 6.45) is 5.14. The third-order valence-electron chi connectivity index (χ3n) is 5.50. The van der Waals surface area contributed by atoms with Gasteiger partial charge in [-0.1, -0.05) is 0 Å². The number of fused-ring (bicyclic) bond motifs is 2. The number of aryl methyl sites for hydroxylation is 1. The molecule has 0 unspecified atom stereocenters. The monoisotopic (exact) mass is 425 g/mol. The van der Waals surface area contributed by atoms with E-state index in [2.05, 4.69) is 11.1 Å². The molecule has 2 fully saturated rings. The molecule has 7 heteroatoms. The molecule has 0 N–H and O–H groups in total. The van der Waals surface area contributed by atoms with E-state index in [-0.39, 0.29) is 24.3 Å². The lowest BCUT2D eigenvalue weighted by Crippen LogP contribution is -2.50. The molecule has 2 bridgehead atoms. The average molecular weight is 426 g/mol. The standard InChI is InChI=1S/C23H27N3O3S/c1-14-13-25-21(30-14)16-7-15(12-24)8-19(9-16)28-20-10-17-5-6-18(11-20)26(17)22(27)29-23(2,3)4/h7-9,13,17-18,20H,5-6,10-11H2,1-4H3/t17-,18+,20+. The molecule has 1 aromatic heterocycles. The zero-order chi connectivity index (χ0) is 21.5. The molecule has 6 nitrogen and oxygen atoms in total. The lowest BCUT2D eigenvalue weighted by atomic mass is 10.00. The van der Waals surface area contributed by atoms with E-state index in [1.54, 1.807) is 17.4 Å². The number of ether oxygens (including phenoxy) is 2. The molecule has 3 heterocycles. The van der Waals surface area contributed by atoms with Crippen LogP contribution in [0.1, 0.15) is 56.9 Å². The number of nitrogens with zero attached hydrogens (tertiary/aromatic N) is 3. The molecule has 2 aromatic rings. The first-order chi connectivity index (χ1) is 14.2. The van der Waals surface area contributed by atoms with Crippen molar-refractivity contribution in [2.45, 2.75) is 77.2 Å². The predicted molar refractivity (Wildman–Crippen MR) is 116 cm³/mol. The van der Waals surface area contributed by atoms with Crippen LogP contribution in [-0.2, 0) is 4.74 Å². The lowest BCUT2D eigenvalue weighted by molar-refractivity contribution is -0.00706. The largest absolute Gasteiger partial charge is 0.490 e. The van der Waals surface area contributed by atoms with Crippen LogP contribution in [0.5, 0.6) is 5.75 Å². The van der Waals surface area contributed by atoms with Gasteiger partial charge in [0.1, 0.15) is 22.5 Å². The topological polar surface area (TPSA) is 75.5 Å². The van der Waals surface area contributed by atoms with Crippen molar-refractivity contribution in [1.29, 1.82) is 5.26 Å². The molecule has 3 atom stereocenters. The van der Waals surface area contributed by atoms with E-state index < -0.39 is 5.60 Å². The molecular weight excluding hydrogens is 398 g/mol. The summed E-state index contributed by atoms with van der Waals surface area (Å²) in [5.74, 6) is 0.687. The minimum absolute atomic E-state index is 0.0148. The van der Waals surface area contributed by atoms with Gasteiger partial charge in [0.2, 0.25) is 0 Å². The summed E-state index contributed by atoms with van der Waals surface area (Å²) in [4.78, 5) is 20.1. The van der Waals surface area contributed by atoms with Gasteiger partial charge in [-0.25, -0.2) is 9.78 Å². The maximum absolute atomic E-state index is 12.6. The molecule has 4 rings (SSSR count). The van der Waals surface area contributed by atoms with Crippen LogP contribution in [0.25, 0.3) is 10.6 Å². The molecule has 30 heavy (non-hydrogen) atoms. The molecule has 1 amide bonds. The zero-order valence-electron chi connectivity index (χ0n) is 17.8. The maximum atomic E-state index is 12.6. The molecule has 0 aliphatic carbocycles. The molecule has 0 saturated carbocycles. The summed E-state index contributed by atoms with van der Waals surface area (Å²) >= 11 is 1.60. The Morgan fingerprint density at radius 1 is 1.23 bits per heavy atom. The maximum Gasteiger partial charge on any atom is 0.410 e. The number of piperidine rings is 1. The first-order valence-corrected chi connectivity index (χ1v) is 11.2. The molecule has 2 aliphatic rings. The molecule has 0 spiro atoms. The van der Waals surface area contributed by atoms with Gasteiger partial charge in [0.25, 0.3) is 0 Å². The number of carbonyl (C=O) groups excluding carboxylic acids is 1. The first kappa shape index (κ1) is 20.7. The Hall–Kier alpha value is -2.59. The molecular formula is C23H27N3O3S. The third kappa shape index (κ3) is 4.44. The van der Waals surface area contributed by atoms with Gasteiger partial charge in [0.05, 0.1) is 11.6 Å². The Kier molecular flexibility index (Phi) is 5.46. The molecule has 1 aromatic carbocycles. The second-order valence-electron chi connectivity index (χ2n) is 9.12. The smallest absolute Gasteiger partial charge is 0.410 e. The van der Waals surface area contributed by atoms with Crippen LogP contribution < -0.4 is 4.74 Å². The van der Waals surface area contributed by atoms with Crippen LogP contribution in [-0.4, -0.2) is 39.8 Å². The second-order valence-corrected chi connectivity index (χ2v) is 10.4. The van der Waals surface area contributed by atoms with Gasteiger partial charge in [0.15, 0.2) is 0 Å². The number of aromatic nitrogens is 1. The SMILES string of the molecule is Cc1cnc(-c2cc(C#N)cc(O[C@H]3C[C@H]4CC[C@@H](C3)N4C(=O)OC(C)(C)C)c2)s1. The van der Waals surface area contributed by atoms with E-state index in [4.69, 9.17) is 9.47 Å². The number of amides is 1. The fourth-order valence-corrected chi connectivity index (χ4v) is 5.12. The normalized spacial score (nSPS) is 23.2. The van der Waals surface area contributed by atoms with Crippen molar-refractivity contribution in [3.63, 3.8) is 0 Å². The highest BCUT2D eigenvalue weighted by molar-refractivity contribution is 7.14.